The first-order valence-electron chi connectivity index (χ1n) is 5.25. The lowest BCUT2D eigenvalue weighted by Gasteiger charge is -2.16. The molecule has 0 aromatic heterocycles. The Balaban J connectivity index is 0.00000121. The number of benzene rings is 1. The molecule has 0 fully saturated rings. The van der Waals surface area contributed by atoms with E-state index in [2.05, 4.69) is 0 Å². The fourth-order valence-corrected chi connectivity index (χ4v) is 1.45. The Morgan fingerprint density at radius 2 is 1.65 bits per heavy atom. The number of nitrogens with two attached hydrogens (primary N) is 1. The molecule has 0 spiro atoms. The van der Waals surface area contributed by atoms with Crippen molar-refractivity contribution in [3.63, 3.8) is 0 Å². The highest BCUT2D eigenvalue weighted by molar-refractivity contribution is 7.94. The molecule has 0 aliphatic carbocycles. The molecule has 6 heteroatoms. The van der Waals surface area contributed by atoms with Crippen molar-refractivity contribution in [2.75, 3.05) is 0 Å². The number of phenolic OH excluding ortho intramolecular Hbond substituents is 2. The minimum Gasteiger partial charge on any atom is -0.507 e. The SMILES string of the molecule is CC.CC(N)C(O)c1cc(O)c(SF)c(O)c1. The molecule has 0 bridgehead atoms. The van der Waals surface area contributed by atoms with Gasteiger partial charge in [0.1, 0.15) is 16.4 Å². The van der Waals surface area contributed by atoms with E-state index < -0.39 is 23.6 Å². The zero-order valence-electron chi connectivity index (χ0n) is 10.0. The van der Waals surface area contributed by atoms with Crippen LogP contribution in [0.5, 0.6) is 11.5 Å². The predicted molar refractivity (Wildman–Crippen MR) is 66.7 cm³/mol. The Labute approximate surface area is 105 Å². The van der Waals surface area contributed by atoms with Crippen LogP contribution in [0.25, 0.3) is 0 Å². The van der Waals surface area contributed by atoms with Crippen LogP contribution in [0, 0.1) is 0 Å². The normalized spacial score (nSPS) is 13.5. The fourth-order valence-electron chi connectivity index (χ4n) is 1.17. The summed E-state index contributed by atoms with van der Waals surface area (Å²) in [6, 6.07) is 1.80. The Bertz CT molecular complexity index is 338. The lowest BCUT2D eigenvalue weighted by Crippen LogP contribution is -2.24. The summed E-state index contributed by atoms with van der Waals surface area (Å²) in [6.45, 7) is 5.58. The third-order valence-corrected chi connectivity index (χ3v) is 2.56. The van der Waals surface area contributed by atoms with Crippen molar-refractivity contribution in [2.45, 2.75) is 37.8 Å². The van der Waals surface area contributed by atoms with E-state index in [1.165, 1.54) is 12.1 Å². The Hall–Kier alpha value is -0.980. The minimum atomic E-state index is -1.01. The molecule has 5 N–H and O–H groups in total. The van der Waals surface area contributed by atoms with Crippen LogP contribution in [0.4, 0.5) is 3.89 Å². The standard InChI is InChI=1S/C9H12FNO3S.C2H6/c1-4(11)8(14)5-2-6(12)9(15-10)7(13)3-5;1-2/h2-4,8,12-14H,11H2,1H3;1-2H3. The molecule has 1 aromatic rings. The van der Waals surface area contributed by atoms with Gasteiger partial charge in [-0.05, 0) is 24.6 Å². The van der Waals surface area contributed by atoms with Crippen LogP contribution in [0.15, 0.2) is 17.0 Å². The van der Waals surface area contributed by atoms with Gasteiger partial charge in [-0.25, -0.2) is 0 Å². The molecule has 0 saturated carbocycles. The average Bonchev–Trinajstić information content (AvgIpc) is 2.30. The first kappa shape index (κ1) is 16.0. The third kappa shape index (κ3) is 4.07. The molecule has 0 radical (unpaired) electrons. The zero-order chi connectivity index (χ0) is 13.6. The molecular weight excluding hydrogens is 245 g/mol. The number of hydrogen-bond donors (Lipinski definition) is 4. The van der Waals surface area contributed by atoms with Crippen molar-refractivity contribution in [1.29, 1.82) is 0 Å². The van der Waals surface area contributed by atoms with Crippen LogP contribution in [0.1, 0.15) is 32.4 Å². The van der Waals surface area contributed by atoms with E-state index in [-0.39, 0.29) is 22.6 Å². The van der Waals surface area contributed by atoms with Crippen LogP contribution in [0.3, 0.4) is 0 Å². The minimum absolute atomic E-state index is 0.248. The van der Waals surface area contributed by atoms with E-state index in [1.807, 2.05) is 13.8 Å². The number of phenols is 2. The third-order valence-electron chi connectivity index (χ3n) is 1.99. The van der Waals surface area contributed by atoms with Gasteiger partial charge in [-0.15, -0.1) is 0 Å². The van der Waals surface area contributed by atoms with Gasteiger partial charge in [-0.3, -0.25) is 0 Å². The average molecular weight is 263 g/mol. The molecule has 0 amide bonds. The Morgan fingerprint density at radius 3 is 1.94 bits per heavy atom. The van der Waals surface area contributed by atoms with Gasteiger partial charge in [-0.1, -0.05) is 13.8 Å². The molecule has 4 nitrogen and oxygen atoms in total. The topological polar surface area (TPSA) is 86.7 Å². The van der Waals surface area contributed by atoms with Gasteiger partial charge in [0.15, 0.2) is 0 Å². The molecule has 98 valence electrons. The van der Waals surface area contributed by atoms with E-state index in [1.54, 1.807) is 6.92 Å². The highest BCUT2D eigenvalue weighted by Gasteiger charge is 2.17. The summed E-state index contributed by atoms with van der Waals surface area (Å²) in [7, 11) is 0. The van der Waals surface area contributed by atoms with Crippen LogP contribution in [-0.2, 0) is 0 Å². The second-order valence-corrected chi connectivity index (χ2v) is 3.83. The summed E-state index contributed by atoms with van der Waals surface area (Å²) in [5, 5.41) is 28.2. The number of aromatic hydroxyl groups is 2. The molecule has 0 aliphatic heterocycles. The quantitative estimate of drug-likeness (QED) is 0.673. The highest BCUT2D eigenvalue weighted by Crippen LogP contribution is 2.39. The van der Waals surface area contributed by atoms with Crippen molar-refractivity contribution < 1.29 is 19.2 Å². The van der Waals surface area contributed by atoms with E-state index in [0.717, 1.165) is 0 Å². The first-order chi connectivity index (χ1) is 7.97. The summed E-state index contributed by atoms with van der Waals surface area (Å²) in [5.41, 5.74) is 5.69. The summed E-state index contributed by atoms with van der Waals surface area (Å²) < 4.78 is 12.2. The van der Waals surface area contributed by atoms with E-state index in [0.29, 0.717) is 0 Å². The molecular formula is C11H18FNO3S. The van der Waals surface area contributed by atoms with Gasteiger partial charge in [-0.2, -0.15) is 3.89 Å². The number of rotatable bonds is 3. The summed E-state index contributed by atoms with van der Waals surface area (Å²) in [5.74, 6) is -0.839. The molecule has 0 saturated heterocycles. The molecule has 1 aromatic carbocycles. The van der Waals surface area contributed by atoms with Gasteiger partial charge in [0.25, 0.3) is 0 Å². The monoisotopic (exact) mass is 263 g/mol. The fraction of sp³-hybridized carbons (Fsp3) is 0.455. The maximum atomic E-state index is 12.2. The van der Waals surface area contributed by atoms with E-state index in [4.69, 9.17) is 5.73 Å². The van der Waals surface area contributed by atoms with Gasteiger partial charge >= 0.3 is 0 Å². The molecule has 0 heterocycles. The van der Waals surface area contributed by atoms with E-state index >= 15 is 0 Å². The van der Waals surface area contributed by atoms with Crippen molar-refractivity contribution in [2.24, 2.45) is 5.73 Å². The van der Waals surface area contributed by atoms with Crippen molar-refractivity contribution >= 4 is 12.1 Å². The maximum absolute atomic E-state index is 12.2. The van der Waals surface area contributed by atoms with Crippen LogP contribution >= 0.6 is 12.1 Å². The Kier molecular flexibility index (Phi) is 6.94. The second-order valence-electron chi connectivity index (χ2n) is 3.27. The van der Waals surface area contributed by atoms with Crippen molar-refractivity contribution in [1.82, 2.24) is 0 Å². The van der Waals surface area contributed by atoms with Gasteiger partial charge in [0.2, 0.25) is 0 Å². The predicted octanol–water partition coefficient (Wildman–Crippen LogP) is 2.48. The Morgan fingerprint density at radius 1 is 1.24 bits per heavy atom. The molecule has 17 heavy (non-hydrogen) atoms. The van der Waals surface area contributed by atoms with Crippen LogP contribution in [0.2, 0.25) is 0 Å². The molecule has 2 unspecified atom stereocenters. The summed E-state index contributed by atoms with van der Waals surface area (Å²) in [6.07, 6.45) is -1.01. The van der Waals surface area contributed by atoms with Gasteiger partial charge in [0.05, 0.1) is 18.3 Å². The number of halogens is 1. The number of aliphatic hydroxyl groups is 1. The van der Waals surface area contributed by atoms with Crippen LogP contribution < -0.4 is 5.73 Å². The molecule has 2 atom stereocenters. The highest BCUT2D eigenvalue weighted by atomic mass is 32.2. The van der Waals surface area contributed by atoms with Crippen LogP contribution in [-0.4, -0.2) is 21.4 Å². The number of aliphatic hydroxyl groups excluding tert-OH is 1. The summed E-state index contributed by atoms with van der Waals surface area (Å²) >= 11 is -0.262. The first-order valence-corrected chi connectivity index (χ1v) is 5.97. The van der Waals surface area contributed by atoms with Crippen molar-refractivity contribution in [3.05, 3.63) is 17.7 Å². The second kappa shape index (κ2) is 7.37. The lowest BCUT2D eigenvalue weighted by molar-refractivity contribution is 0.152. The smallest absolute Gasteiger partial charge is 0.135 e. The van der Waals surface area contributed by atoms with Crippen molar-refractivity contribution in [3.8, 4) is 11.5 Å². The lowest BCUT2D eigenvalue weighted by atomic mass is 10.0. The van der Waals surface area contributed by atoms with E-state index in [9.17, 15) is 19.2 Å². The number of hydrogen-bond acceptors (Lipinski definition) is 5. The maximum Gasteiger partial charge on any atom is 0.135 e. The molecule has 0 aliphatic rings. The zero-order valence-corrected chi connectivity index (χ0v) is 10.8. The largest absolute Gasteiger partial charge is 0.507 e. The molecule has 1 rings (SSSR count). The summed E-state index contributed by atoms with van der Waals surface area (Å²) in [4.78, 5) is -0.268. The van der Waals surface area contributed by atoms with Gasteiger partial charge in [0, 0.05) is 6.04 Å². The van der Waals surface area contributed by atoms with Gasteiger partial charge < -0.3 is 21.1 Å².